The van der Waals surface area contributed by atoms with Crippen LogP contribution in [0, 0.1) is 18.3 Å². The summed E-state index contributed by atoms with van der Waals surface area (Å²) in [6.45, 7) is 6.97. The molecule has 3 rings (SSSR count). The van der Waals surface area contributed by atoms with Gasteiger partial charge >= 0.3 is 11.4 Å². The van der Waals surface area contributed by atoms with E-state index in [1.165, 1.54) is 6.07 Å². The first-order valence-corrected chi connectivity index (χ1v) is 10.9. The number of hydrogen-bond donors (Lipinski definition) is 0. The third-order valence-corrected chi connectivity index (χ3v) is 5.89. The zero-order valence-corrected chi connectivity index (χ0v) is 20.4. The topological polar surface area (TPSA) is 71.7 Å². The van der Waals surface area contributed by atoms with Gasteiger partial charge in [0, 0.05) is 12.0 Å². The molecule has 1 heterocycles. The second kappa shape index (κ2) is 8.75. The predicted molar refractivity (Wildman–Crippen MR) is 122 cm³/mol. The Labute approximate surface area is 204 Å². The Bertz CT molecular complexity index is 1170. The number of rotatable bonds is 4. The summed E-state index contributed by atoms with van der Waals surface area (Å²) >= 11 is 17.6. The van der Waals surface area contributed by atoms with E-state index in [0.717, 1.165) is 12.1 Å². The first-order valence-electron chi connectivity index (χ1n) is 9.74. The van der Waals surface area contributed by atoms with E-state index in [1.807, 2.05) is 6.07 Å². The van der Waals surface area contributed by atoms with E-state index >= 15 is 0 Å². The Morgan fingerprint density at radius 2 is 1.82 bits per heavy atom. The number of ether oxygens (including phenoxy) is 1. The third-order valence-electron chi connectivity index (χ3n) is 4.98. The number of esters is 1. The van der Waals surface area contributed by atoms with Crippen LogP contribution in [0.3, 0.4) is 0 Å². The Balaban J connectivity index is 1.97. The zero-order valence-electron chi connectivity index (χ0n) is 18.1. The minimum absolute atomic E-state index is 0.0531. The van der Waals surface area contributed by atoms with Crippen LogP contribution in [-0.2, 0) is 15.2 Å². The van der Waals surface area contributed by atoms with Crippen LogP contribution in [0.1, 0.15) is 59.8 Å². The van der Waals surface area contributed by atoms with Gasteiger partial charge in [-0.3, -0.25) is 0 Å². The quantitative estimate of drug-likeness (QED) is 0.325. The Morgan fingerprint density at radius 3 is 2.30 bits per heavy atom. The molecule has 1 unspecified atom stereocenters. The standard InChI is InChI=1S/C23H19Cl3F2N2O3/c1-12-7-13(5-6-15(12)20(31)32-21(2,3)4)19-10-22(33-30-19,23(26,27)28)14-8-17(24)16(11-29)18(25)9-14/h5-9H,10H2,1-4H3. The van der Waals surface area contributed by atoms with Crippen molar-refractivity contribution in [1.29, 1.82) is 5.26 Å². The molecule has 0 saturated heterocycles. The van der Waals surface area contributed by atoms with Gasteiger partial charge in [-0.05, 0) is 74.7 Å². The molecule has 0 N–H and O–H groups in total. The highest BCUT2D eigenvalue weighted by Gasteiger charge is 2.60. The molecule has 2 aromatic rings. The van der Waals surface area contributed by atoms with Crippen LogP contribution in [0.5, 0.6) is 0 Å². The summed E-state index contributed by atoms with van der Waals surface area (Å²) in [4.78, 5) is 17.6. The molecule has 1 atom stereocenters. The minimum atomic E-state index is -3.90. The molecule has 0 bridgehead atoms. The fraction of sp³-hybridized carbons (Fsp3) is 0.348. The lowest BCUT2D eigenvalue weighted by Gasteiger charge is -2.31. The van der Waals surface area contributed by atoms with Crippen molar-refractivity contribution in [3.8, 4) is 6.07 Å². The van der Waals surface area contributed by atoms with Crippen LogP contribution in [0.2, 0.25) is 10.0 Å². The fourth-order valence-electron chi connectivity index (χ4n) is 3.38. The van der Waals surface area contributed by atoms with Crippen LogP contribution >= 0.6 is 34.8 Å². The lowest BCUT2D eigenvalue weighted by Crippen LogP contribution is -2.42. The van der Waals surface area contributed by atoms with E-state index < -0.39 is 29.0 Å². The number of carbonyl (C=O) groups is 1. The van der Waals surface area contributed by atoms with E-state index in [2.05, 4.69) is 5.16 Å². The lowest BCUT2D eigenvalue weighted by molar-refractivity contribution is -0.155. The van der Waals surface area contributed by atoms with Crippen LogP contribution in [-0.4, -0.2) is 22.7 Å². The zero-order chi connectivity index (χ0) is 24.8. The molecule has 10 heteroatoms. The highest BCUT2D eigenvalue weighted by molar-refractivity contribution is 6.36. The summed E-state index contributed by atoms with van der Waals surface area (Å²) in [5, 5.41) is 8.87. The molecule has 174 valence electrons. The average molecular weight is 516 g/mol. The summed E-state index contributed by atoms with van der Waals surface area (Å²) in [7, 11) is 0. The average Bonchev–Trinajstić information content (AvgIpc) is 3.13. The molecule has 0 aromatic heterocycles. The molecule has 33 heavy (non-hydrogen) atoms. The van der Waals surface area contributed by atoms with E-state index in [-0.39, 0.29) is 26.9 Å². The maximum absolute atomic E-state index is 14.7. The Kier molecular flexibility index (Phi) is 6.69. The molecular formula is C23H19Cl3F2N2O3. The molecule has 0 amide bonds. The first kappa shape index (κ1) is 25.2. The predicted octanol–water partition coefficient (Wildman–Crippen LogP) is 6.98. The molecule has 0 spiro atoms. The molecule has 1 aliphatic rings. The monoisotopic (exact) mass is 514 g/mol. The third kappa shape index (κ3) is 4.93. The van der Waals surface area contributed by atoms with Gasteiger partial charge in [-0.15, -0.1) is 0 Å². The smallest absolute Gasteiger partial charge is 0.367 e. The summed E-state index contributed by atoms with van der Waals surface area (Å²) in [5.41, 5.74) is -1.68. The molecule has 1 aliphatic heterocycles. The summed E-state index contributed by atoms with van der Waals surface area (Å²) in [6, 6.07) is 8.87. The number of nitriles is 1. The molecule has 5 nitrogen and oxygen atoms in total. The number of benzene rings is 2. The summed E-state index contributed by atoms with van der Waals surface area (Å²) < 4.78 is 34.7. The van der Waals surface area contributed by atoms with E-state index in [1.54, 1.807) is 39.8 Å². The van der Waals surface area contributed by atoms with Gasteiger partial charge in [-0.2, -0.15) is 14.0 Å². The van der Waals surface area contributed by atoms with E-state index in [4.69, 9.17) is 49.6 Å². The van der Waals surface area contributed by atoms with Crippen LogP contribution in [0.15, 0.2) is 35.5 Å². The maximum Gasteiger partial charge on any atom is 0.367 e. The maximum atomic E-state index is 14.7. The van der Waals surface area contributed by atoms with Crippen molar-refractivity contribution in [2.45, 2.75) is 50.7 Å². The number of hydrogen-bond acceptors (Lipinski definition) is 5. The lowest BCUT2D eigenvalue weighted by atomic mass is 9.86. The summed E-state index contributed by atoms with van der Waals surface area (Å²) in [5.74, 6) is -0.500. The second-order valence-corrected chi connectivity index (χ2v) is 9.88. The molecule has 2 aromatic carbocycles. The van der Waals surface area contributed by atoms with Gasteiger partial charge in [0.25, 0.3) is 0 Å². The normalized spacial score (nSPS) is 18.4. The van der Waals surface area contributed by atoms with Gasteiger partial charge in [-0.25, -0.2) is 4.79 Å². The van der Waals surface area contributed by atoms with Crippen molar-refractivity contribution in [1.82, 2.24) is 0 Å². The Morgan fingerprint density at radius 1 is 1.21 bits per heavy atom. The van der Waals surface area contributed by atoms with Crippen LogP contribution in [0.25, 0.3) is 0 Å². The number of carbonyl (C=O) groups excluding carboxylic acids is 1. The Hall–Kier alpha value is -2.40. The van der Waals surface area contributed by atoms with Gasteiger partial charge < -0.3 is 9.57 Å². The van der Waals surface area contributed by atoms with Crippen molar-refractivity contribution < 1.29 is 23.1 Å². The first-order chi connectivity index (χ1) is 15.2. The largest absolute Gasteiger partial charge is 0.456 e. The van der Waals surface area contributed by atoms with Crippen LogP contribution in [0.4, 0.5) is 8.78 Å². The van der Waals surface area contributed by atoms with Gasteiger partial charge in [0.05, 0.1) is 26.9 Å². The highest BCUT2D eigenvalue weighted by Crippen LogP contribution is 2.51. The van der Waals surface area contributed by atoms with Crippen molar-refractivity contribution >= 4 is 46.5 Å². The molecular weight excluding hydrogens is 497 g/mol. The van der Waals surface area contributed by atoms with E-state index in [9.17, 15) is 13.6 Å². The van der Waals surface area contributed by atoms with Crippen molar-refractivity contribution in [3.05, 3.63) is 68.2 Å². The van der Waals surface area contributed by atoms with Crippen molar-refractivity contribution in [2.75, 3.05) is 0 Å². The fourth-order valence-corrected chi connectivity index (χ4v) is 4.16. The van der Waals surface area contributed by atoms with Gasteiger partial charge in [0.15, 0.2) is 0 Å². The number of nitrogens with zero attached hydrogens (tertiary/aromatic N) is 2. The SMILES string of the molecule is Cc1cc(C2=NOC(c3cc(Cl)c(C#N)c(Cl)c3)(C(F)(F)Cl)C2)ccc1C(=O)OC(C)(C)C. The number of oxime groups is 1. The second-order valence-electron chi connectivity index (χ2n) is 8.59. The van der Waals surface area contributed by atoms with Crippen LogP contribution < -0.4 is 0 Å². The van der Waals surface area contributed by atoms with Crippen molar-refractivity contribution in [2.24, 2.45) is 5.16 Å². The van der Waals surface area contributed by atoms with Crippen molar-refractivity contribution in [3.63, 3.8) is 0 Å². The van der Waals surface area contributed by atoms with E-state index in [0.29, 0.717) is 16.7 Å². The molecule has 0 fully saturated rings. The molecule has 0 aliphatic carbocycles. The minimum Gasteiger partial charge on any atom is -0.456 e. The highest BCUT2D eigenvalue weighted by atomic mass is 35.5. The summed E-state index contributed by atoms with van der Waals surface area (Å²) in [6.07, 6.45) is -0.409. The molecule has 0 radical (unpaired) electrons. The number of alkyl halides is 3. The van der Waals surface area contributed by atoms with Gasteiger partial charge in [0.2, 0.25) is 5.60 Å². The number of aryl methyl sites for hydroxylation is 1. The number of halogens is 5. The van der Waals surface area contributed by atoms with Gasteiger partial charge in [0.1, 0.15) is 11.7 Å². The molecule has 0 saturated carbocycles. The van der Waals surface area contributed by atoms with Gasteiger partial charge in [-0.1, -0.05) is 34.4 Å².